The maximum absolute atomic E-state index is 6.59. The number of hydrogen-bond acceptors (Lipinski definition) is 4. The molecule has 0 saturated carbocycles. The predicted molar refractivity (Wildman–Crippen MR) is 186 cm³/mol. The molecule has 8 aromatic rings. The number of aromatic nitrogens is 1. The van der Waals surface area contributed by atoms with Gasteiger partial charge in [0.15, 0.2) is 5.58 Å². The van der Waals surface area contributed by atoms with Crippen molar-refractivity contribution in [1.29, 1.82) is 0 Å². The Kier molecular flexibility index (Phi) is 6.78. The Hall–Kier alpha value is -6.13. The van der Waals surface area contributed by atoms with Crippen LogP contribution in [0, 0.1) is 0 Å². The summed E-state index contributed by atoms with van der Waals surface area (Å²) in [7, 11) is 0. The van der Waals surface area contributed by atoms with Crippen LogP contribution in [0.3, 0.4) is 0 Å². The van der Waals surface area contributed by atoms with Gasteiger partial charge in [-0.1, -0.05) is 103 Å². The second kappa shape index (κ2) is 11.5. The molecule has 4 heteroatoms. The maximum atomic E-state index is 6.59. The molecule has 0 amide bonds. The summed E-state index contributed by atoms with van der Waals surface area (Å²) in [6.07, 6.45) is 0. The van der Waals surface area contributed by atoms with Crippen LogP contribution in [0.2, 0.25) is 0 Å². The van der Waals surface area contributed by atoms with Crippen LogP contribution in [-0.2, 0) is 0 Å². The Morgan fingerprint density at radius 2 is 0.933 bits per heavy atom. The van der Waals surface area contributed by atoms with E-state index < -0.39 is 0 Å². The van der Waals surface area contributed by atoms with Crippen molar-refractivity contribution in [1.82, 2.24) is 4.98 Å². The normalized spacial score (nSPS) is 11.1. The first-order chi connectivity index (χ1) is 22.3. The van der Waals surface area contributed by atoms with Crippen molar-refractivity contribution in [2.75, 3.05) is 9.80 Å². The van der Waals surface area contributed by atoms with Gasteiger partial charge in [-0.25, -0.2) is 4.98 Å². The Morgan fingerprint density at radius 1 is 0.400 bits per heavy atom. The monoisotopic (exact) mass is 579 g/mol. The summed E-state index contributed by atoms with van der Waals surface area (Å²) in [6, 6.07) is 60.8. The van der Waals surface area contributed by atoms with Gasteiger partial charge in [-0.2, -0.15) is 0 Å². The summed E-state index contributed by atoms with van der Waals surface area (Å²) in [4.78, 5) is 9.68. The smallest absolute Gasteiger partial charge is 0.227 e. The molecule has 0 unspecified atom stereocenters. The molecule has 0 N–H and O–H groups in total. The van der Waals surface area contributed by atoms with E-state index in [4.69, 9.17) is 9.40 Å². The molecule has 0 aliphatic rings. The van der Waals surface area contributed by atoms with E-state index in [2.05, 4.69) is 137 Å². The number of oxazole rings is 1. The zero-order valence-corrected chi connectivity index (χ0v) is 24.5. The molecule has 7 aromatic carbocycles. The highest BCUT2D eigenvalue weighted by Crippen LogP contribution is 2.45. The van der Waals surface area contributed by atoms with Crippen LogP contribution in [0.15, 0.2) is 180 Å². The van der Waals surface area contributed by atoms with Crippen molar-refractivity contribution in [2.45, 2.75) is 0 Å². The minimum absolute atomic E-state index is 0.585. The van der Waals surface area contributed by atoms with Gasteiger partial charge in [0, 0.05) is 34.4 Å². The number of para-hydroxylation sites is 3. The quantitative estimate of drug-likeness (QED) is 0.188. The molecule has 8 rings (SSSR count). The minimum Gasteiger partial charge on any atom is -0.436 e. The molecule has 0 radical (unpaired) electrons. The fourth-order valence-electron chi connectivity index (χ4n) is 5.92. The minimum atomic E-state index is 0.585. The molecule has 0 bridgehead atoms. The molecule has 4 nitrogen and oxygen atoms in total. The molecule has 0 saturated heterocycles. The van der Waals surface area contributed by atoms with E-state index in [0.29, 0.717) is 11.5 Å². The Bertz CT molecular complexity index is 2170. The molecular formula is C41H29N3O. The molecule has 45 heavy (non-hydrogen) atoms. The molecule has 0 aliphatic carbocycles. The second-order valence-corrected chi connectivity index (χ2v) is 10.9. The average molecular weight is 580 g/mol. The molecule has 0 atom stereocenters. The van der Waals surface area contributed by atoms with Gasteiger partial charge in [-0.3, -0.25) is 0 Å². The van der Waals surface area contributed by atoms with E-state index >= 15 is 0 Å². The van der Waals surface area contributed by atoms with E-state index in [1.807, 2.05) is 48.5 Å². The molecule has 0 spiro atoms. The SMILES string of the molecule is c1ccc(-c2nc3c(N(c4ccccc4)c4ccc5ccccc5c4)cc(N(c4ccccc4)c4ccccc4)cc3o2)cc1. The number of rotatable bonds is 7. The highest BCUT2D eigenvalue weighted by atomic mass is 16.3. The molecule has 1 heterocycles. The van der Waals surface area contributed by atoms with Crippen LogP contribution in [-0.4, -0.2) is 4.98 Å². The second-order valence-electron chi connectivity index (χ2n) is 10.9. The third-order valence-electron chi connectivity index (χ3n) is 8.01. The van der Waals surface area contributed by atoms with Crippen LogP contribution in [0.1, 0.15) is 0 Å². The van der Waals surface area contributed by atoms with Gasteiger partial charge < -0.3 is 14.2 Å². The topological polar surface area (TPSA) is 32.5 Å². The summed E-state index contributed by atoms with van der Waals surface area (Å²) in [5.41, 5.74) is 8.48. The van der Waals surface area contributed by atoms with Crippen LogP contribution in [0.25, 0.3) is 33.3 Å². The molecular weight excluding hydrogens is 550 g/mol. The lowest BCUT2D eigenvalue weighted by Crippen LogP contribution is -2.13. The molecule has 0 fully saturated rings. The molecule has 214 valence electrons. The molecule has 1 aromatic heterocycles. The van der Waals surface area contributed by atoms with Crippen molar-refractivity contribution in [3.8, 4) is 11.5 Å². The maximum Gasteiger partial charge on any atom is 0.227 e. The Morgan fingerprint density at radius 3 is 1.56 bits per heavy atom. The number of anilines is 6. The van der Waals surface area contributed by atoms with Gasteiger partial charge in [0.25, 0.3) is 0 Å². The zero-order chi connectivity index (χ0) is 30.0. The predicted octanol–water partition coefficient (Wildman–Crippen LogP) is 11.6. The van der Waals surface area contributed by atoms with Crippen molar-refractivity contribution in [2.24, 2.45) is 0 Å². The number of nitrogens with zero attached hydrogens (tertiary/aromatic N) is 3. The van der Waals surface area contributed by atoms with E-state index in [0.717, 1.165) is 45.2 Å². The highest BCUT2D eigenvalue weighted by Gasteiger charge is 2.23. The fraction of sp³-hybridized carbons (Fsp3) is 0. The van der Waals surface area contributed by atoms with Gasteiger partial charge in [0.1, 0.15) is 5.52 Å². The van der Waals surface area contributed by atoms with E-state index in [9.17, 15) is 0 Å². The third-order valence-corrected chi connectivity index (χ3v) is 8.01. The van der Waals surface area contributed by atoms with E-state index in [-0.39, 0.29) is 0 Å². The summed E-state index contributed by atoms with van der Waals surface area (Å²) >= 11 is 0. The first kappa shape index (κ1) is 26.5. The van der Waals surface area contributed by atoms with Crippen molar-refractivity contribution < 1.29 is 4.42 Å². The van der Waals surface area contributed by atoms with Crippen molar-refractivity contribution in [3.63, 3.8) is 0 Å². The van der Waals surface area contributed by atoms with Gasteiger partial charge in [-0.15, -0.1) is 0 Å². The van der Waals surface area contributed by atoms with E-state index in [1.165, 1.54) is 10.8 Å². The lowest BCUT2D eigenvalue weighted by molar-refractivity contribution is 0.620. The zero-order valence-electron chi connectivity index (χ0n) is 24.5. The van der Waals surface area contributed by atoms with Crippen molar-refractivity contribution in [3.05, 3.63) is 176 Å². The summed E-state index contributed by atoms with van der Waals surface area (Å²) in [6.45, 7) is 0. The van der Waals surface area contributed by atoms with Gasteiger partial charge >= 0.3 is 0 Å². The first-order valence-corrected chi connectivity index (χ1v) is 15.1. The Balaban J connectivity index is 1.43. The lowest BCUT2D eigenvalue weighted by atomic mass is 10.1. The number of benzene rings is 7. The first-order valence-electron chi connectivity index (χ1n) is 15.1. The van der Waals surface area contributed by atoms with Gasteiger partial charge in [-0.05, 0) is 77.5 Å². The van der Waals surface area contributed by atoms with Crippen LogP contribution >= 0.6 is 0 Å². The van der Waals surface area contributed by atoms with E-state index in [1.54, 1.807) is 0 Å². The van der Waals surface area contributed by atoms with Crippen LogP contribution < -0.4 is 9.80 Å². The number of fused-ring (bicyclic) bond motifs is 2. The average Bonchev–Trinajstić information content (AvgIpc) is 3.55. The van der Waals surface area contributed by atoms with Gasteiger partial charge in [0.2, 0.25) is 5.89 Å². The standard InChI is InChI=1S/C41H29N3O/c1-5-16-31(17-6-1)41-42-40-38(44(35-23-11-4-12-24-35)36-26-25-30-15-13-14-18-32(30)27-36)28-37(29-39(40)45-41)43(33-19-7-2-8-20-33)34-21-9-3-10-22-34/h1-29H. The van der Waals surface area contributed by atoms with Crippen LogP contribution in [0.4, 0.5) is 34.1 Å². The Labute approximate surface area is 262 Å². The highest BCUT2D eigenvalue weighted by molar-refractivity contribution is 6.00. The fourth-order valence-corrected chi connectivity index (χ4v) is 5.92. The van der Waals surface area contributed by atoms with Crippen LogP contribution in [0.5, 0.6) is 0 Å². The molecule has 0 aliphatic heterocycles. The largest absolute Gasteiger partial charge is 0.436 e. The third kappa shape index (κ3) is 5.09. The van der Waals surface area contributed by atoms with Crippen molar-refractivity contribution >= 4 is 56.0 Å². The summed E-state index contributed by atoms with van der Waals surface area (Å²) in [5.74, 6) is 0.585. The van der Waals surface area contributed by atoms with Gasteiger partial charge in [0.05, 0.1) is 11.4 Å². The summed E-state index contributed by atoms with van der Waals surface area (Å²) in [5, 5.41) is 2.36. The summed E-state index contributed by atoms with van der Waals surface area (Å²) < 4.78 is 6.59. The lowest BCUT2D eigenvalue weighted by Gasteiger charge is -2.29. The number of hydrogen-bond donors (Lipinski definition) is 0.